The number of hydrogen-bond donors (Lipinski definition) is 2. The highest BCUT2D eigenvalue weighted by molar-refractivity contribution is 5.29. The van der Waals surface area contributed by atoms with Gasteiger partial charge >= 0.3 is 0 Å². The molecule has 3 N–H and O–H groups in total. The summed E-state index contributed by atoms with van der Waals surface area (Å²) in [5.74, 6) is -1.16. The van der Waals surface area contributed by atoms with E-state index < -0.39 is 29.0 Å². The fourth-order valence-electron chi connectivity index (χ4n) is 2.77. The van der Waals surface area contributed by atoms with Crippen molar-refractivity contribution in [2.45, 2.75) is 31.2 Å². The number of benzene rings is 1. The molecule has 1 aliphatic rings. The van der Waals surface area contributed by atoms with Gasteiger partial charge in [0.2, 0.25) is 0 Å². The number of rotatable bonds is 3. The molecule has 5 heteroatoms. The molecule has 0 aliphatic carbocycles. The smallest absolute Gasteiger partial charge is 0.131 e. The number of alkyl halides is 1. The Morgan fingerprint density at radius 1 is 1.47 bits per heavy atom. The summed E-state index contributed by atoms with van der Waals surface area (Å²) in [6.45, 7) is 2.36. The zero-order chi connectivity index (χ0) is 14.3. The lowest BCUT2D eigenvalue weighted by atomic mass is 9.76. The normalized spacial score (nSPS) is 31.7. The van der Waals surface area contributed by atoms with Crippen molar-refractivity contribution < 1.29 is 18.6 Å². The number of aliphatic hydroxyl groups excluding tert-OH is 1. The molecular formula is C14H19F2NO2. The lowest BCUT2D eigenvalue weighted by molar-refractivity contribution is -0.0341. The molecule has 2 unspecified atom stereocenters. The third-order valence-corrected chi connectivity index (χ3v) is 3.78. The summed E-state index contributed by atoms with van der Waals surface area (Å²) in [7, 11) is 0. The maximum Gasteiger partial charge on any atom is 0.131 e. The highest BCUT2D eigenvalue weighted by Gasteiger charge is 2.54. The summed E-state index contributed by atoms with van der Waals surface area (Å²) >= 11 is 0. The van der Waals surface area contributed by atoms with E-state index in [-0.39, 0.29) is 18.8 Å². The van der Waals surface area contributed by atoms with Crippen LogP contribution < -0.4 is 5.73 Å². The molecule has 0 aromatic heterocycles. The Balaban J connectivity index is 2.42. The van der Waals surface area contributed by atoms with Gasteiger partial charge in [0, 0.05) is 11.5 Å². The van der Waals surface area contributed by atoms with Gasteiger partial charge in [0.05, 0.1) is 24.9 Å². The first-order valence-corrected chi connectivity index (χ1v) is 6.26. The van der Waals surface area contributed by atoms with Gasteiger partial charge in [0.1, 0.15) is 11.5 Å². The highest BCUT2D eigenvalue weighted by Crippen LogP contribution is 2.42. The molecule has 2 rings (SSSR count). The van der Waals surface area contributed by atoms with Crippen molar-refractivity contribution in [1.82, 2.24) is 0 Å². The quantitative estimate of drug-likeness (QED) is 0.880. The van der Waals surface area contributed by atoms with Crippen LogP contribution in [0.25, 0.3) is 0 Å². The van der Waals surface area contributed by atoms with Crippen molar-refractivity contribution in [2.75, 3.05) is 13.2 Å². The summed E-state index contributed by atoms with van der Waals surface area (Å²) in [6.07, 6.45) is -0.859. The Bertz CT molecular complexity index is 461. The molecule has 19 heavy (non-hydrogen) atoms. The van der Waals surface area contributed by atoms with Crippen molar-refractivity contribution >= 4 is 0 Å². The Morgan fingerprint density at radius 2 is 2.11 bits per heavy atom. The number of aliphatic hydroxyl groups is 1. The molecule has 0 amide bonds. The Labute approximate surface area is 111 Å². The van der Waals surface area contributed by atoms with Crippen LogP contribution in [0.4, 0.5) is 8.78 Å². The highest BCUT2D eigenvalue weighted by atomic mass is 19.1. The Morgan fingerprint density at radius 3 is 2.63 bits per heavy atom. The number of nitrogens with two attached hydrogens (primary N) is 1. The lowest BCUT2D eigenvalue weighted by Gasteiger charge is -2.34. The second-order valence-corrected chi connectivity index (χ2v) is 5.61. The van der Waals surface area contributed by atoms with Gasteiger partial charge in [-0.15, -0.1) is 0 Å². The molecule has 1 aromatic rings. The van der Waals surface area contributed by atoms with Crippen LogP contribution in [0.1, 0.15) is 19.4 Å². The van der Waals surface area contributed by atoms with E-state index in [9.17, 15) is 13.9 Å². The summed E-state index contributed by atoms with van der Waals surface area (Å²) in [4.78, 5) is 0. The first-order chi connectivity index (χ1) is 8.80. The van der Waals surface area contributed by atoms with Gasteiger partial charge < -0.3 is 15.6 Å². The van der Waals surface area contributed by atoms with Crippen molar-refractivity contribution in [1.29, 1.82) is 0 Å². The SMILES string of the molecule is CC(C)(F)C1OC[C@@](N)(c2ccccc2F)C1CO. The largest absolute Gasteiger partial charge is 0.396 e. The third kappa shape index (κ3) is 2.38. The predicted molar refractivity (Wildman–Crippen MR) is 67.8 cm³/mol. The molecule has 0 radical (unpaired) electrons. The number of ether oxygens (including phenoxy) is 1. The zero-order valence-corrected chi connectivity index (χ0v) is 11.1. The van der Waals surface area contributed by atoms with Crippen LogP contribution in [0.5, 0.6) is 0 Å². The second-order valence-electron chi connectivity index (χ2n) is 5.61. The third-order valence-electron chi connectivity index (χ3n) is 3.78. The molecule has 106 valence electrons. The fraction of sp³-hybridized carbons (Fsp3) is 0.571. The molecule has 1 aromatic carbocycles. The van der Waals surface area contributed by atoms with Gasteiger partial charge in [-0.05, 0) is 19.9 Å². The molecular weight excluding hydrogens is 252 g/mol. The van der Waals surface area contributed by atoms with E-state index in [4.69, 9.17) is 10.5 Å². The van der Waals surface area contributed by atoms with Crippen LogP contribution in [0.3, 0.4) is 0 Å². The standard InChI is InChI=1S/C14H19F2NO2/c1-13(2,16)12-10(7-18)14(17,8-19-12)9-5-3-4-6-11(9)15/h3-6,10,12,18H,7-8,17H2,1-2H3/t10?,12?,14-/m1/s1. The maximum absolute atomic E-state index is 14.1. The average Bonchev–Trinajstić information content (AvgIpc) is 2.67. The number of hydrogen-bond acceptors (Lipinski definition) is 3. The van der Waals surface area contributed by atoms with Crippen molar-refractivity contribution in [3.05, 3.63) is 35.6 Å². The van der Waals surface area contributed by atoms with E-state index in [0.717, 1.165) is 0 Å². The molecule has 0 saturated carbocycles. The van der Waals surface area contributed by atoms with Crippen LogP contribution in [-0.4, -0.2) is 30.1 Å². The molecule has 1 saturated heterocycles. The van der Waals surface area contributed by atoms with Gasteiger partial charge in [-0.3, -0.25) is 0 Å². The summed E-state index contributed by atoms with van der Waals surface area (Å²) in [5.41, 5.74) is 3.61. The van der Waals surface area contributed by atoms with Gasteiger partial charge in [-0.2, -0.15) is 0 Å². The first-order valence-electron chi connectivity index (χ1n) is 6.26. The minimum atomic E-state index is -1.65. The minimum absolute atomic E-state index is 0.0167. The van der Waals surface area contributed by atoms with Crippen molar-refractivity contribution in [3.63, 3.8) is 0 Å². The van der Waals surface area contributed by atoms with Crippen LogP contribution in [0.2, 0.25) is 0 Å². The van der Waals surface area contributed by atoms with Crippen LogP contribution >= 0.6 is 0 Å². The first kappa shape index (κ1) is 14.4. The molecule has 1 heterocycles. The molecule has 1 fully saturated rings. The second kappa shape index (κ2) is 4.81. The molecule has 0 spiro atoms. The Hall–Kier alpha value is -1.04. The summed E-state index contributed by atoms with van der Waals surface area (Å²) in [5, 5.41) is 9.54. The molecule has 0 bridgehead atoms. The van der Waals surface area contributed by atoms with E-state index in [2.05, 4.69) is 0 Å². The van der Waals surface area contributed by atoms with Crippen LogP contribution in [0.15, 0.2) is 24.3 Å². The van der Waals surface area contributed by atoms with Gasteiger partial charge in [-0.1, -0.05) is 18.2 Å². The van der Waals surface area contributed by atoms with E-state index in [1.807, 2.05) is 0 Å². The summed E-state index contributed by atoms with van der Waals surface area (Å²) in [6, 6.07) is 6.07. The maximum atomic E-state index is 14.1. The van der Waals surface area contributed by atoms with Crippen molar-refractivity contribution in [2.24, 2.45) is 11.7 Å². The monoisotopic (exact) mass is 271 g/mol. The van der Waals surface area contributed by atoms with Crippen LogP contribution in [0, 0.1) is 11.7 Å². The van der Waals surface area contributed by atoms with E-state index in [1.165, 1.54) is 19.9 Å². The fourth-order valence-corrected chi connectivity index (χ4v) is 2.77. The van der Waals surface area contributed by atoms with Gasteiger partial charge in [-0.25, -0.2) is 8.78 Å². The van der Waals surface area contributed by atoms with Gasteiger partial charge in [0.25, 0.3) is 0 Å². The van der Waals surface area contributed by atoms with Gasteiger partial charge in [0.15, 0.2) is 0 Å². The average molecular weight is 271 g/mol. The topological polar surface area (TPSA) is 55.5 Å². The zero-order valence-electron chi connectivity index (χ0n) is 11.1. The molecule has 3 nitrogen and oxygen atoms in total. The van der Waals surface area contributed by atoms with Crippen molar-refractivity contribution in [3.8, 4) is 0 Å². The molecule has 3 atom stereocenters. The van der Waals surface area contributed by atoms with E-state index in [0.29, 0.717) is 0 Å². The van der Waals surface area contributed by atoms with Crippen LogP contribution in [-0.2, 0) is 10.3 Å². The Kier molecular flexibility index (Phi) is 3.64. The predicted octanol–water partition coefficient (Wildman–Crippen LogP) is 1.74. The lowest BCUT2D eigenvalue weighted by Crippen LogP contribution is -2.50. The van der Waals surface area contributed by atoms with E-state index in [1.54, 1.807) is 18.2 Å². The number of halogens is 2. The molecule has 1 aliphatic heterocycles. The van der Waals surface area contributed by atoms with E-state index >= 15 is 0 Å². The summed E-state index contributed by atoms with van der Waals surface area (Å²) < 4.78 is 33.4. The minimum Gasteiger partial charge on any atom is -0.396 e.